The van der Waals surface area contributed by atoms with Crippen molar-refractivity contribution in [1.82, 2.24) is 0 Å². The van der Waals surface area contributed by atoms with Crippen LogP contribution in [0.4, 0.5) is 0 Å². The summed E-state index contributed by atoms with van der Waals surface area (Å²) < 4.78 is 4.89. The third-order valence-electron chi connectivity index (χ3n) is 0.825. The molecule has 1 aliphatic heterocycles. The van der Waals surface area contributed by atoms with Gasteiger partial charge in [-0.2, -0.15) is 0 Å². The fraction of sp³-hybridized carbons (Fsp3) is 0.600. The minimum absolute atomic E-state index is 0. The van der Waals surface area contributed by atoms with Crippen LogP contribution in [0, 0.1) is 0 Å². The van der Waals surface area contributed by atoms with Crippen LogP contribution in [-0.4, -0.2) is 17.6 Å². The molecule has 0 saturated heterocycles. The topological polar surface area (TPSA) is 9.23 Å². The van der Waals surface area contributed by atoms with E-state index in [4.69, 9.17) is 4.74 Å². The zero-order valence-corrected chi connectivity index (χ0v) is 3.68. The summed E-state index contributed by atoms with van der Waals surface area (Å²) in [7, 11) is 0. The molecule has 1 rings (SSSR count). The van der Waals surface area contributed by atoms with Gasteiger partial charge < -0.3 is 4.74 Å². The first-order valence-electron chi connectivity index (χ1n) is 2.27. The number of allylic oxidation sites excluding steroid dienone is 1. The molecule has 0 N–H and O–H groups in total. The maximum Gasteiger partial charge on any atom is 0.0876 e. The second kappa shape index (κ2) is 3.93. The Morgan fingerprint density at radius 2 is 2.29 bits per heavy atom. The molecule has 0 atom stereocenters. The van der Waals surface area contributed by atoms with Gasteiger partial charge in [0.2, 0.25) is 0 Å². The van der Waals surface area contributed by atoms with E-state index in [1.54, 1.807) is 6.26 Å². The number of hydrogen-bond acceptors (Lipinski definition) is 1. The van der Waals surface area contributed by atoms with E-state index < -0.39 is 0 Å². The highest BCUT2D eigenvalue weighted by Gasteiger charge is 1.86. The largest absolute Gasteiger partial charge is 0.502 e. The van der Waals surface area contributed by atoms with Gasteiger partial charge in [-0.25, -0.2) is 0 Å². The highest BCUT2D eigenvalue weighted by molar-refractivity contribution is 5.75. The summed E-state index contributed by atoms with van der Waals surface area (Å²) in [5, 5.41) is 0. The molecular weight excluding hydrogens is 104 g/mol. The number of hydrogen-bond donors (Lipinski definition) is 0. The van der Waals surface area contributed by atoms with E-state index in [-0.39, 0.29) is 11.0 Å². The van der Waals surface area contributed by atoms with Gasteiger partial charge in [0.05, 0.1) is 12.9 Å². The van der Waals surface area contributed by atoms with Crippen molar-refractivity contribution in [2.75, 3.05) is 6.61 Å². The first-order valence-corrected chi connectivity index (χ1v) is 2.27. The second-order valence-corrected chi connectivity index (χ2v) is 1.38. The summed E-state index contributed by atoms with van der Waals surface area (Å²) in [6.45, 7) is 0.913. The molecule has 7 heavy (non-hydrogen) atoms. The zero-order valence-electron chi connectivity index (χ0n) is 3.68. The van der Waals surface area contributed by atoms with Crippen molar-refractivity contribution >= 4 is 11.0 Å². The molecule has 1 nitrogen and oxygen atoms in total. The zero-order chi connectivity index (χ0) is 4.24. The normalized spacial score (nSPS) is 17.1. The third kappa shape index (κ3) is 2.45. The molecule has 1 heterocycles. The molecule has 2 heteroatoms. The van der Waals surface area contributed by atoms with Crippen molar-refractivity contribution in [2.24, 2.45) is 0 Å². The van der Waals surface area contributed by atoms with Crippen LogP contribution >= 0.6 is 0 Å². The fourth-order valence-corrected chi connectivity index (χ4v) is 0.489. The maximum absolute atomic E-state index is 4.89. The Hall–Kier alpha value is -0.243. The van der Waals surface area contributed by atoms with Crippen molar-refractivity contribution in [3.8, 4) is 0 Å². The summed E-state index contributed by atoms with van der Waals surface area (Å²) in [6.07, 6.45) is 6.20. The van der Waals surface area contributed by atoms with Crippen molar-refractivity contribution in [3.63, 3.8) is 0 Å². The molecule has 0 radical (unpaired) electrons. The first-order chi connectivity index (χ1) is 3.00. The van der Waals surface area contributed by atoms with Crippen molar-refractivity contribution in [1.29, 1.82) is 0 Å². The Balaban J connectivity index is 0.000000360. The van der Waals surface area contributed by atoms with Gasteiger partial charge in [-0.3, -0.25) is 0 Å². The van der Waals surface area contributed by atoms with E-state index >= 15 is 0 Å². The summed E-state index contributed by atoms with van der Waals surface area (Å²) >= 11 is 0. The predicted molar refractivity (Wildman–Crippen MR) is 35.7 cm³/mol. The molecule has 0 aromatic heterocycles. The highest BCUT2D eigenvalue weighted by Crippen LogP contribution is 1.97. The maximum atomic E-state index is 4.89. The molecule has 0 fully saturated rings. The average molecular weight is 116 g/mol. The van der Waals surface area contributed by atoms with Gasteiger partial charge in [-0.05, 0) is 29.9 Å². The second-order valence-electron chi connectivity index (χ2n) is 1.38. The molecule has 0 saturated carbocycles. The molecule has 42 valence electrons. The SMILES string of the molecule is C1=COCCC1.[SiH4]. The predicted octanol–water partition coefficient (Wildman–Crippen LogP) is -0.141. The van der Waals surface area contributed by atoms with Crippen molar-refractivity contribution in [2.45, 2.75) is 12.8 Å². The van der Waals surface area contributed by atoms with Crippen molar-refractivity contribution < 1.29 is 4.74 Å². The Bertz CT molecular complexity index is 53.1. The van der Waals surface area contributed by atoms with E-state index in [1.165, 1.54) is 12.8 Å². The van der Waals surface area contributed by atoms with Gasteiger partial charge in [-0.15, -0.1) is 0 Å². The van der Waals surface area contributed by atoms with Crippen LogP contribution in [-0.2, 0) is 4.74 Å². The summed E-state index contributed by atoms with van der Waals surface area (Å²) in [6, 6.07) is 0. The lowest BCUT2D eigenvalue weighted by molar-refractivity contribution is 0.231. The minimum atomic E-state index is 0. The van der Waals surface area contributed by atoms with Gasteiger partial charge in [0, 0.05) is 0 Å². The first kappa shape index (κ1) is 6.76. The van der Waals surface area contributed by atoms with Crippen LogP contribution in [0.15, 0.2) is 12.3 Å². The van der Waals surface area contributed by atoms with E-state index in [9.17, 15) is 0 Å². The van der Waals surface area contributed by atoms with Gasteiger partial charge in [0.1, 0.15) is 0 Å². The van der Waals surface area contributed by atoms with Crippen LogP contribution in [0.25, 0.3) is 0 Å². The highest BCUT2D eigenvalue weighted by atomic mass is 28.1. The smallest absolute Gasteiger partial charge is 0.0876 e. The Labute approximate surface area is 48.4 Å². The summed E-state index contributed by atoms with van der Waals surface area (Å²) in [5.74, 6) is 0. The molecule has 0 aromatic carbocycles. The molecule has 0 bridgehead atoms. The van der Waals surface area contributed by atoms with Gasteiger partial charge in [-0.1, -0.05) is 0 Å². The molecule has 1 aliphatic rings. The van der Waals surface area contributed by atoms with Crippen LogP contribution in [0.5, 0.6) is 0 Å². The fourth-order valence-electron chi connectivity index (χ4n) is 0.489. The molecular formula is C5H12OSi. The van der Waals surface area contributed by atoms with Crippen molar-refractivity contribution in [3.05, 3.63) is 12.3 Å². The van der Waals surface area contributed by atoms with Gasteiger partial charge in [0.15, 0.2) is 0 Å². The van der Waals surface area contributed by atoms with E-state index in [2.05, 4.69) is 0 Å². The Kier molecular flexibility index (Phi) is 3.79. The molecule has 0 unspecified atom stereocenters. The van der Waals surface area contributed by atoms with Crippen LogP contribution in [0.2, 0.25) is 0 Å². The lowest BCUT2D eigenvalue weighted by Gasteiger charge is -2.01. The molecule has 0 amide bonds. The molecule has 0 aromatic rings. The number of ether oxygens (including phenoxy) is 1. The van der Waals surface area contributed by atoms with Crippen LogP contribution < -0.4 is 0 Å². The van der Waals surface area contributed by atoms with Crippen LogP contribution in [0.3, 0.4) is 0 Å². The van der Waals surface area contributed by atoms with Crippen LogP contribution in [0.1, 0.15) is 12.8 Å². The third-order valence-corrected chi connectivity index (χ3v) is 0.825. The summed E-state index contributed by atoms with van der Waals surface area (Å²) in [5.41, 5.74) is 0. The van der Waals surface area contributed by atoms with Gasteiger partial charge in [0.25, 0.3) is 0 Å². The minimum Gasteiger partial charge on any atom is -0.502 e. The lowest BCUT2D eigenvalue weighted by atomic mass is 10.3. The number of rotatable bonds is 0. The molecule has 0 aliphatic carbocycles. The van der Waals surface area contributed by atoms with E-state index in [0.717, 1.165) is 6.61 Å². The van der Waals surface area contributed by atoms with E-state index in [0.29, 0.717) is 0 Å². The monoisotopic (exact) mass is 116 g/mol. The average Bonchev–Trinajstić information content (AvgIpc) is 1.72. The standard InChI is InChI=1S/C5H8O.H4Si/c1-2-4-6-5-3-1;/h2,4H,1,3,5H2;1H4. The Morgan fingerprint density at radius 1 is 1.43 bits per heavy atom. The quantitative estimate of drug-likeness (QED) is 0.400. The summed E-state index contributed by atoms with van der Waals surface area (Å²) in [4.78, 5) is 0. The van der Waals surface area contributed by atoms with Gasteiger partial charge >= 0.3 is 0 Å². The molecule has 0 spiro atoms. The Morgan fingerprint density at radius 3 is 2.43 bits per heavy atom. The lowest BCUT2D eigenvalue weighted by Crippen LogP contribution is -1.90. The van der Waals surface area contributed by atoms with E-state index in [1.807, 2.05) is 6.08 Å².